The van der Waals surface area contributed by atoms with Crippen molar-refractivity contribution in [3.8, 4) is 0 Å². The Morgan fingerprint density at radius 2 is 1.61 bits per heavy atom. The first kappa shape index (κ1) is 24.0. The van der Waals surface area contributed by atoms with Gasteiger partial charge < -0.3 is 10.2 Å². The Labute approximate surface area is 201 Å². The highest BCUT2D eigenvalue weighted by molar-refractivity contribution is 7.89. The lowest BCUT2D eigenvalue weighted by Gasteiger charge is -2.36. The zero-order valence-corrected chi connectivity index (χ0v) is 20.3. The zero-order chi connectivity index (χ0) is 23.3. The maximum absolute atomic E-state index is 13.0. The average Bonchev–Trinajstić information content (AvgIpc) is 2.85. The van der Waals surface area contributed by atoms with Crippen LogP contribution in [0, 0.1) is 0 Å². The summed E-state index contributed by atoms with van der Waals surface area (Å²) in [5.41, 5.74) is 1.55. The summed E-state index contributed by atoms with van der Waals surface area (Å²) in [4.78, 5) is 17.4. The van der Waals surface area contributed by atoms with Gasteiger partial charge in [-0.3, -0.25) is 9.69 Å². The molecule has 0 atom stereocenters. The Morgan fingerprint density at radius 1 is 0.909 bits per heavy atom. The second-order valence-electron chi connectivity index (χ2n) is 8.53. The molecule has 178 valence electrons. The van der Waals surface area contributed by atoms with E-state index in [1.54, 1.807) is 6.07 Å². The molecule has 0 bridgehead atoms. The third-order valence-corrected chi connectivity index (χ3v) is 8.71. The number of rotatable bonds is 7. The fraction of sp³-hybridized carbons (Fsp3) is 0.458. The van der Waals surface area contributed by atoms with E-state index in [-0.39, 0.29) is 15.8 Å². The molecule has 1 amide bonds. The zero-order valence-electron chi connectivity index (χ0n) is 18.7. The highest BCUT2D eigenvalue weighted by Gasteiger charge is 2.28. The van der Waals surface area contributed by atoms with Gasteiger partial charge in [-0.15, -0.1) is 0 Å². The molecule has 9 heteroatoms. The summed E-state index contributed by atoms with van der Waals surface area (Å²) in [6.07, 6.45) is 2.72. The Bertz CT molecular complexity index is 1050. The van der Waals surface area contributed by atoms with Gasteiger partial charge in [0.05, 0.1) is 5.02 Å². The van der Waals surface area contributed by atoms with Crippen LogP contribution >= 0.6 is 11.6 Å². The van der Waals surface area contributed by atoms with Crippen LogP contribution in [0.2, 0.25) is 5.02 Å². The number of carbonyl (C=O) groups excluding carboxylic acids is 1. The number of hydrogen-bond donors (Lipinski definition) is 1. The second-order valence-corrected chi connectivity index (χ2v) is 10.8. The van der Waals surface area contributed by atoms with Gasteiger partial charge in [-0.25, -0.2) is 8.42 Å². The summed E-state index contributed by atoms with van der Waals surface area (Å²) in [7, 11) is -3.71. The molecule has 2 heterocycles. The number of piperidine rings is 1. The Kier molecular flexibility index (Phi) is 7.90. The molecular formula is C24H31ClN4O3S. The highest BCUT2D eigenvalue weighted by atomic mass is 35.5. The van der Waals surface area contributed by atoms with Crippen LogP contribution in [0.25, 0.3) is 0 Å². The number of amides is 1. The number of anilines is 1. The van der Waals surface area contributed by atoms with E-state index < -0.39 is 10.0 Å². The predicted molar refractivity (Wildman–Crippen MR) is 131 cm³/mol. The Hall–Kier alpha value is -2.13. The van der Waals surface area contributed by atoms with E-state index in [4.69, 9.17) is 11.6 Å². The van der Waals surface area contributed by atoms with Crippen molar-refractivity contribution in [2.75, 3.05) is 57.3 Å². The molecule has 0 radical (unpaired) electrons. The van der Waals surface area contributed by atoms with Crippen LogP contribution < -0.4 is 10.2 Å². The number of piperazine rings is 1. The number of halogens is 1. The molecule has 7 nitrogen and oxygen atoms in total. The maximum atomic E-state index is 13.0. The van der Waals surface area contributed by atoms with Gasteiger partial charge in [0.1, 0.15) is 4.90 Å². The average molecular weight is 491 g/mol. The van der Waals surface area contributed by atoms with E-state index in [0.29, 0.717) is 25.2 Å². The lowest BCUT2D eigenvalue weighted by Crippen LogP contribution is -2.48. The molecule has 0 aromatic heterocycles. The van der Waals surface area contributed by atoms with Crippen molar-refractivity contribution >= 4 is 33.2 Å². The topological polar surface area (TPSA) is 73.0 Å². The minimum absolute atomic E-state index is 0.00995. The normalized spacial score (nSPS) is 18.3. The van der Waals surface area contributed by atoms with E-state index in [0.717, 1.165) is 52.0 Å². The molecule has 2 aliphatic rings. The molecule has 2 aromatic carbocycles. The second kappa shape index (κ2) is 10.9. The molecule has 2 aromatic rings. The lowest BCUT2D eigenvalue weighted by molar-refractivity contribution is 0.0947. The van der Waals surface area contributed by atoms with Gasteiger partial charge in [-0.05, 0) is 43.2 Å². The van der Waals surface area contributed by atoms with Crippen molar-refractivity contribution in [3.63, 3.8) is 0 Å². The van der Waals surface area contributed by atoms with Gasteiger partial charge in [0, 0.05) is 63.6 Å². The molecule has 0 spiro atoms. The summed E-state index contributed by atoms with van der Waals surface area (Å²) in [5.74, 6) is -0.287. The van der Waals surface area contributed by atoms with Crippen LogP contribution in [0.15, 0.2) is 53.4 Å². The van der Waals surface area contributed by atoms with Gasteiger partial charge in [0.15, 0.2) is 0 Å². The third kappa shape index (κ3) is 5.87. The van der Waals surface area contributed by atoms with Crippen LogP contribution in [0.1, 0.15) is 29.6 Å². The number of benzene rings is 2. The molecule has 0 aliphatic carbocycles. The van der Waals surface area contributed by atoms with Crippen molar-refractivity contribution in [1.29, 1.82) is 0 Å². The largest absolute Gasteiger partial charge is 0.369 e. The van der Waals surface area contributed by atoms with Gasteiger partial charge in [-0.1, -0.05) is 36.2 Å². The first-order chi connectivity index (χ1) is 15.9. The molecule has 33 heavy (non-hydrogen) atoms. The molecule has 4 rings (SSSR count). The summed E-state index contributed by atoms with van der Waals surface area (Å²) in [6.45, 7) is 6.01. The van der Waals surface area contributed by atoms with E-state index >= 15 is 0 Å². The summed E-state index contributed by atoms with van der Waals surface area (Å²) < 4.78 is 27.5. The summed E-state index contributed by atoms with van der Waals surface area (Å²) in [6, 6.07) is 14.9. The monoisotopic (exact) mass is 490 g/mol. The summed E-state index contributed by atoms with van der Waals surface area (Å²) in [5, 5.41) is 3.07. The number of carbonyl (C=O) groups is 1. The van der Waals surface area contributed by atoms with Gasteiger partial charge >= 0.3 is 0 Å². The van der Waals surface area contributed by atoms with Gasteiger partial charge in [0.25, 0.3) is 5.91 Å². The van der Waals surface area contributed by atoms with E-state index in [2.05, 4.69) is 39.4 Å². The fourth-order valence-corrected chi connectivity index (χ4v) is 6.40. The smallest absolute Gasteiger partial charge is 0.251 e. The van der Waals surface area contributed by atoms with Crippen molar-refractivity contribution < 1.29 is 13.2 Å². The first-order valence-electron chi connectivity index (χ1n) is 11.6. The number of nitrogens with zero attached hydrogens (tertiary/aromatic N) is 3. The van der Waals surface area contributed by atoms with Crippen LogP contribution in [-0.4, -0.2) is 75.9 Å². The number of hydrogen-bond acceptors (Lipinski definition) is 5. The van der Waals surface area contributed by atoms with Crippen molar-refractivity contribution in [2.24, 2.45) is 0 Å². The van der Waals surface area contributed by atoms with Gasteiger partial charge in [0.2, 0.25) is 10.0 Å². The molecule has 0 saturated carbocycles. The molecule has 1 N–H and O–H groups in total. The first-order valence-corrected chi connectivity index (χ1v) is 13.4. The molecular weight excluding hydrogens is 460 g/mol. The maximum Gasteiger partial charge on any atom is 0.251 e. The minimum atomic E-state index is -3.71. The highest BCUT2D eigenvalue weighted by Crippen LogP contribution is 2.28. The van der Waals surface area contributed by atoms with Crippen molar-refractivity contribution in [2.45, 2.75) is 24.2 Å². The van der Waals surface area contributed by atoms with E-state index in [1.165, 1.54) is 22.1 Å². The standard InChI is InChI=1S/C24H31ClN4O3S/c25-22-10-9-20(19-23(22)33(31,32)29-12-5-2-6-13-29)24(30)26-11-14-27-15-17-28(18-16-27)21-7-3-1-4-8-21/h1,3-4,7-10,19H,2,5-6,11-18H2,(H,26,30). The minimum Gasteiger partial charge on any atom is -0.369 e. The van der Waals surface area contributed by atoms with Crippen LogP contribution in [-0.2, 0) is 10.0 Å². The molecule has 2 saturated heterocycles. The number of para-hydroxylation sites is 1. The molecule has 2 aliphatic heterocycles. The number of nitrogens with one attached hydrogen (secondary N) is 1. The van der Waals surface area contributed by atoms with Gasteiger partial charge in [-0.2, -0.15) is 4.31 Å². The SMILES string of the molecule is O=C(NCCN1CCN(c2ccccc2)CC1)c1ccc(Cl)c(S(=O)(=O)N2CCCCC2)c1. The van der Waals surface area contributed by atoms with Crippen LogP contribution in [0.3, 0.4) is 0 Å². The third-order valence-electron chi connectivity index (χ3n) is 6.33. The molecule has 0 unspecified atom stereocenters. The fourth-order valence-electron chi connectivity index (χ4n) is 4.38. The summed E-state index contributed by atoms with van der Waals surface area (Å²) >= 11 is 6.22. The van der Waals surface area contributed by atoms with Crippen LogP contribution in [0.4, 0.5) is 5.69 Å². The Morgan fingerprint density at radius 3 is 2.30 bits per heavy atom. The quantitative estimate of drug-likeness (QED) is 0.645. The van der Waals surface area contributed by atoms with Crippen molar-refractivity contribution in [1.82, 2.24) is 14.5 Å². The van der Waals surface area contributed by atoms with Crippen molar-refractivity contribution in [3.05, 3.63) is 59.1 Å². The lowest BCUT2D eigenvalue weighted by atomic mass is 10.2. The predicted octanol–water partition coefficient (Wildman–Crippen LogP) is 3.07. The molecule has 2 fully saturated rings. The Balaban J connectivity index is 1.30. The van der Waals surface area contributed by atoms with E-state index in [9.17, 15) is 13.2 Å². The number of sulfonamides is 1. The van der Waals surface area contributed by atoms with Crippen LogP contribution in [0.5, 0.6) is 0 Å². The van der Waals surface area contributed by atoms with E-state index in [1.807, 2.05) is 6.07 Å².